The number of quaternary nitrogens is 1. The molecule has 0 aromatic rings. The number of nitrogens with zero attached hydrogens (tertiary/aromatic N) is 2. The Bertz CT molecular complexity index is 605. The van der Waals surface area contributed by atoms with E-state index in [-0.39, 0.29) is 24.2 Å². The van der Waals surface area contributed by atoms with Crippen LogP contribution >= 0.6 is 0 Å². The number of unbranched alkanes of at least 4 members (excludes halogenated alkanes) is 13. The SMILES string of the molecule is CCCCCCCCCCCCCCCC=CC1=NCC[N+]1(CCOCC(=O)O)CC(=O)O. The Labute approximate surface area is 200 Å². The van der Waals surface area contributed by atoms with Crippen LogP contribution in [0.15, 0.2) is 17.1 Å². The van der Waals surface area contributed by atoms with Crippen molar-refractivity contribution in [1.82, 2.24) is 0 Å². The molecule has 0 saturated heterocycles. The number of allylic oxidation sites excluding steroid dienone is 1. The van der Waals surface area contributed by atoms with Crippen LogP contribution in [0.2, 0.25) is 0 Å². The lowest BCUT2D eigenvalue weighted by Gasteiger charge is -2.31. The summed E-state index contributed by atoms with van der Waals surface area (Å²) in [4.78, 5) is 26.6. The number of hydrogen-bond donors (Lipinski definition) is 2. The molecule has 7 nitrogen and oxygen atoms in total. The molecule has 0 radical (unpaired) electrons. The molecular formula is C26H47N2O5+. The highest BCUT2D eigenvalue weighted by Gasteiger charge is 2.38. The third-order valence-electron chi connectivity index (χ3n) is 6.36. The van der Waals surface area contributed by atoms with Crippen molar-refractivity contribution in [3.05, 3.63) is 12.2 Å². The van der Waals surface area contributed by atoms with Crippen LogP contribution in [0, 0.1) is 0 Å². The van der Waals surface area contributed by atoms with Crippen molar-refractivity contribution < 1.29 is 29.0 Å². The molecule has 1 aliphatic rings. The molecule has 33 heavy (non-hydrogen) atoms. The Morgan fingerprint density at radius 3 is 2.03 bits per heavy atom. The van der Waals surface area contributed by atoms with E-state index >= 15 is 0 Å². The number of amidine groups is 1. The summed E-state index contributed by atoms with van der Waals surface area (Å²) >= 11 is 0. The van der Waals surface area contributed by atoms with Crippen molar-refractivity contribution in [3.8, 4) is 0 Å². The van der Waals surface area contributed by atoms with Crippen LogP contribution in [0.25, 0.3) is 0 Å². The molecule has 0 aromatic heterocycles. The van der Waals surface area contributed by atoms with Gasteiger partial charge in [0.2, 0.25) is 5.84 Å². The van der Waals surface area contributed by atoms with Gasteiger partial charge in [0.1, 0.15) is 19.7 Å². The number of aliphatic imine (C=N–C) groups is 1. The highest BCUT2D eigenvalue weighted by atomic mass is 16.5. The first-order chi connectivity index (χ1) is 16.0. The van der Waals surface area contributed by atoms with E-state index in [4.69, 9.17) is 9.84 Å². The maximum Gasteiger partial charge on any atom is 0.359 e. The van der Waals surface area contributed by atoms with Gasteiger partial charge in [-0.2, -0.15) is 0 Å². The summed E-state index contributed by atoms with van der Waals surface area (Å²) in [7, 11) is 0. The molecule has 0 fully saturated rings. The molecule has 1 atom stereocenters. The molecule has 0 aromatic carbocycles. The van der Waals surface area contributed by atoms with Gasteiger partial charge < -0.3 is 14.9 Å². The van der Waals surface area contributed by atoms with E-state index in [1.807, 2.05) is 6.08 Å². The van der Waals surface area contributed by atoms with Crippen LogP contribution in [0.3, 0.4) is 0 Å². The Morgan fingerprint density at radius 2 is 1.48 bits per heavy atom. The summed E-state index contributed by atoms with van der Waals surface area (Å²) in [5.74, 6) is -1.13. The molecule has 2 N–H and O–H groups in total. The van der Waals surface area contributed by atoms with Crippen molar-refractivity contribution in [1.29, 1.82) is 0 Å². The number of carboxylic acids is 2. The van der Waals surface area contributed by atoms with E-state index in [1.165, 1.54) is 77.0 Å². The summed E-state index contributed by atoms with van der Waals surface area (Å²) in [5, 5.41) is 18.1. The molecular weight excluding hydrogens is 420 g/mol. The maximum absolute atomic E-state index is 11.4. The predicted molar refractivity (Wildman–Crippen MR) is 133 cm³/mol. The normalized spacial score (nSPS) is 18.2. The zero-order chi connectivity index (χ0) is 24.2. The van der Waals surface area contributed by atoms with Crippen molar-refractivity contribution in [3.63, 3.8) is 0 Å². The van der Waals surface area contributed by atoms with E-state index in [9.17, 15) is 14.7 Å². The van der Waals surface area contributed by atoms with Gasteiger partial charge in [0.15, 0.2) is 6.54 Å². The van der Waals surface area contributed by atoms with Crippen molar-refractivity contribution in [2.45, 2.75) is 96.8 Å². The summed E-state index contributed by atoms with van der Waals surface area (Å²) in [6.07, 6.45) is 22.4. The zero-order valence-corrected chi connectivity index (χ0v) is 20.8. The van der Waals surface area contributed by atoms with Gasteiger partial charge in [-0.05, 0) is 12.8 Å². The lowest BCUT2D eigenvalue weighted by atomic mass is 10.0. The Kier molecular flexibility index (Phi) is 16.6. The summed E-state index contributed by atoms with van der Waals surface area (Å²) in [6, 6.07) is 0. The quantitative estimate of drug-likeness (QED) is 0.163. The molecule has 0 amide bonds. The molecule has 7 heteroatoms. The van der Waals surface area contributed by atoms with Crippen molar-refractivity contribution >= 4 is 17.8 Å². The molecule has 1 aliphatic heterocycles. The third-order valence-corrected chi connectivity index (χ3v) is 6.36. The van der Waals surface area contributed by atoms with E-state index in [1.54, 1.807) is 0 Å². The summed E-state index contributed by atoms with van der Waals surface area (Å²) in [5.41, 5.74) is 0. The second-order valence-corrected chi connectivity index (χ2v) is 9.26. The van der Waals surface area contributed by atoms with Gasteiger partial charge in [0, 0.05) is 6.08 Å². The van der Waals surface area contributed by atoms with Crippen LogP contribution in [0.5, 0.6) is 0 Å². The van der Waals surface area contributed by atoms with Crippen LogP contribution in [-0.4, -0.2) is 71.9 Å². The Balaban J connectivity index is 2.18. The number of carboxylic acid groups (broad SMARTS) is 2. The Hall–Kier alpha value is -1.73. The highest BCUT2D eigenvalue weighted by Crippen LogP contribution is 2.18. The minimum absolute atomic E-state index is 0.0572. The minimum Gasteiger partial charge on any atom is -0.480 e. The lowest BCUT2D eigenvalue weighted by Crippen LogP contribution is -2.55. The first-order valence-electron chi connectivity index (χ1n) is 13.1. The van der Waals surface area contributed by atoms with Gasteiger partial charge in [-0.15, -0.1) is 0 Å². The molecule has 1 heterocycles. The predicted octanol–water partition coefficient (Wildman–Crippen LogP) is 5.44. The third kappa shape index (κ3) is 14.2. The minimum atomic E-state index is -1.02. The summed E-state index contributed by atoms with van der Waals surface area (Å²) in [6.45, 7) is 3.66. The van der Waals surface area contributed by atoms with Crippen LogP contribution < -0.4 is 0 Å². The monoisotopic (exact) mass is 467 g/mol. The van der Waals surface area contributed by atoms with Crippen LogP contribution in [0.4, 0.5) is 0 Å². The van der Waals surface area contributed by atoms with Crippen molar-refractivity contribution in [2.24, 2.45) is 4.99 Å². The van der Waals surface area contributed by atoms with Gasteiger partial charge in [-0.25, -0.2) is 14.6 Å². The van der Waals surface area contributed by atoms with Crippen LogP contribution in [0.1, 0.15) is 96.8 Å². The van der Waals surface area contributed by atoms with E-state index in [0.717, 1.165) is 18.7 Å². The second-order valence-electron chi connectivity index (χ2n) is 9.26. The van der Waals surface area contributed by atoms with Gasteiger partial charge in [-0.3, -0.25) is 4.48 Å². The average Bonchev–Trinajstić information content (AvgIpc) is 3.15. The van der Waals surface area contributed by atoms with Gasteiger partial charge in [-0.1, -0.05) is 90.0 Å². The molecule has 1 unspecified atom stereocenters. The largest absolute Gasteiger partial charge is 0.480 e. The fourth-order valence-electron chi connectivity index (χ4n) is 4.42. The topological polar surface area (TPSA) is 96.2 Å². The number of carbonyl (C=O) groups is 2. The maximum atomic E-state index is 11.4. The fraction of sp³-hybridized carbons (Fsp3) is 0.808. The fourth-order valence-corrected chi connectivity index (χ4v) is 4.42. The lowest BCUT2D eigenvalue weighted by molar-refractivity contribution is -0.827. The van der Waals surface area contributed by atoms with E-state index in [0.29, 0.717) is 19.6 Å². The number of ether oxygens (including phenoxy) is 1. The molecule has 0 saturated carbocycles. The number of hydrogen-bond acceptors (Lipinski definition) is 4. The molecule has 190 valence electrons. The van der Waals surface area contributed by atoms with Crippen LogP contribution in [-0.2, 0) is 14.3 Å². The molecule has 0 aliphatic carbocycles. The standard InChI is InChI=1S/C26H46N2O5/c1-2-3-4-5-6-7-8-9-10-11-12-13-14-15-16-17-24-27-18-19-28(24,22-25(29)30)20-21-33-23-26(31)32/h16-17H,2-15,18-23H2,1H3,(H-,29,30,31,32)/p+1. The van der Waals surface area contributed by atoms with E-state index in [2.05, 4.69) is 18.0 Å². The molecule has 0 spiro atoms. The highest BCUT2D eigenvalue weighted by molar-refractivity contribution is 5.89. The molecule has 0 bridgehead atoms. The van der Waals surface area contributed by atoms with Gasteiger partial charge >= 0.3 is 11.9 Å². The van der Waals surface area contributed by atoms with Crippen molar-refractivity contribution in [2.75, 3.05) is 39.4 Å². The molecule has 1 rings (SSSR count). The van der Waals surface area contributed by atoms with Gasteiger partial charge in [0.25, 0.3) is 0 Å². The summed E-state index contributed by atoms with van der Waals surface area (Å²) < 4.78 is 5.38. The van der Waals surface area contributed by atoms with E-state index < -0.39 is 11.9 Å². The zero-order valence-electron chi connectivity index (χ0n) is 20.8. The average molecular weight is 468 g/mol. The number of rotatable bonds is 22. The number of aliphatic carboxylic acids is 2. The Morgan fingerprint density at radius 1 is 0.909 bits per heavy atom. The van der Waals surface area contributed by atoms with Gasteiger partial charge in [0.05, 0.1) is 13.2 Å². The first-order valence-corrected chi connectivity index (χ1v) is 13.1. The smallest absolute Gasteiger partial charge is 0.359 e. The first kappa shape index (κ1) is 29.3. The second kappa shape index (κ2) is 18.7.